The third kappa shape index (κ3) is 6.60. The zero-order chi connectivity index (χ0) is 23.1. The van der Waals surface area contributed by atoms with Crippen molar-refractivity contribution in [2.45, 2.75) is 71.6 Å². The number of esters is 1. The second-order valence-corrected chi connectivity index (χ2v) is 9.24. The van der Waals surface area contributed by atoms with Gasteiger partial charge in [0.25, 0.3) is 0 Å². The molecule has 0 amide bonds. The molecule has 1 atom stereocenters. The van der Waals surface area contributed by atoms with Crippen LogP contribution in [0.4, 0.5) is 13.2 Å². The van der Waals surface area contributed by atoms with Crippen molar-refractivity contribution in [3.63, 3.8) is 0 Å². The topological polar surface area (TPSA) is 26.3 Å². The zero-order valence-electron chi connectivity index (χ0n) is 19.0. The summed E-state index contributed by atoms with van der Waals surface area (Å²) in [6, 6.07) is 7.15. The fourth-order valence-corrected chi connectivity index (χ4v) is 4.87. The molecule has 0 bridgehead atoms. The molecule has 0 N–H and O–H groups in total. The lowest BCUT2D eigenvalue weighted by Gasteiger charge is -2.32. The molecule has 1 saturated carbocycles. The van der Waals surface area contributed by atoms with Crippen molar-refractivity contribution in [1.82, 2.24) is 0 Å². The smallest absolute Gasteiger partial charge is 0.349 e. The molecule has 174 valence electrons. The monoisotopic (exact) mass is 446 g/mol. The van der Waals surface area contributed by atoms with Gasteiger partial charge in [0, 0.05) is 0 Å². The minimum Gasteiger partial charge on any atom is -0.423 e. The number of unbranched alkanes of at least 4 members (excludes halogenated alkanes) is 2. The Kier molecular flexibility index (Phi) is 8.77. The van der Waals surface area contributed by atoms with Gasteiger partial charge in [0.15, 0.2) is 0 Å². The highest BCUT2D eigenvalue weighted by Gasteiger charge is 2.26. The lowest BCUT2D eigenvalue weighted by Crippen LogP contribution is -2.22. The molecule has 32 heavy (non-hydrogen) atoms. The van der Waals surface area contributed by atoms with E-state index in [2.05, 4.69) is 13.8 Å². The largest absolute Gasteiger partial charge is 0.423 e. The fraction of sp³-hybridized carbons (Fsp3) is 0.519. The van der Waals surface area contributed by atoms with E-state index < -0.39 is 29.0 Å². The second kappa shape index (κ2) is 11.5. The number of benzene rings is 2. The molecule has 2 aromatic rings. The van der Waals surface area contributed by atoms with Crippen molar-refractivity contribution in [2.24, 2.45) is 17.8 Å². The summed E-state index contributed by atoms with van der Waals surface area (Å²) in [6.45, 7) is 4.37. The van der Waals surface area contributed by atoms with E-state index in [9.17, 15) is 18.0 Å². The Bertz CT molecular complexity index is 863. The van der Waals surface area contributed by atoms with Crippen molar-refractivity contribution in [3.8, 4) is 5.75 Å². The van der Waals surface area contributed by atoms with Crippen LogP contribution < -0.4 is 4.74 Å². The molecule has 5 heteroatoms. The summed E-state index contributed by atoms with van der Waals surface area (Å²) in [5.74, 6) is -1.75. The van der Waals surface area contributed by atoms with Gasteiger partial charge in [-0.15, -0.1) is 0 Å². The molecular formula is C27H33F3O2. The summed E-state index contributed by atoms with van der Waals surface area (Å²) >= 11 is 0. The maximum Gasteiger partial charge on any atom is 0.349 e. The molecule has 0 heterocycles. The van der Waals surface area contributed by atoms with E-state index in [1.807, 2.05) is 0 Å². The molecule has 2 nitrogen and oxygen atoms in total. The number of carbonyl (C=O) groups excluding carboxylic acids is 1. The SMILES string of the molecule is CCCCCC1CCC(C(C)Cc2cc(F)c(C(=O)Oc3ccc(F)cc3)c(F)c2)CC1. The Morgan fingerprint density at radius 2 is 1.62 bits per heavy atom. The number of carbonyl (C=O) groups is 1. The fourth-order valence-electron chi connectivity index (χ4n) is 4.87. The molecule has 0 saturated heterocycles. The molecule has 1 unspecified atom stereocenters. The summed E-state index contributed by atoms with van der Waals surface area (Å²) in [4.78, 5) is 12.3. The van der Waals surface area contributed by atoms with Crippen molar-refractivity contribution >= 4 is 5.97 Å². The van der Waals surface area contributed by atoms with E-state index in [1.165, 1.54) is 75.6 Å². The van der Waals surface area contributed by atoms with Crippen LogP contribution in [-0.4, -0.2) is 5.97 Å². The molecule has 1 aliphatic carbocycles. The van der Waals surface area contributed by atoms with Gasteiger partial charge in [-0.2, -0.15) is 0 Å². The highest BCUT2D eigenvalue weighted by atomic mass is 19.1. The van der Waals surface area contributed by atoms with E-state index in [0.29, 0.717) is 23.8 Å². The van der Waals surface area contributed by atoms with Gasteiger partial charge in [0.1, 0.15) is 28.8 Å². The number of hydrogen-bond donors (Lipinski definition) is 0. The van der Waals surface area contributed by atoms with Gasteiger partial charge in [-0.3, -0.25) is 0 Å². The molecule has 1 aliphatic rings. The summed E-state index contributed by atoms with van der Waals surface area (Å²) in [5, 5.41) is 0. The third-order valence-corrected chi connectivity index (χ3v) is 6.80. The zero-order valence-corrected chi connectivity index (χ0v) is 19.0. The first-order valence-corrected chi connectivity index (χ1v) is 11.8. The maximum absolute atomic E-state index is 14.6. The average molecular weight is 447 g/mol. The van der Waals surface area contributed by atoms with Crippen LogP contribution in [0.3, 0.4) is 0 Å². The van der Waals surface area contributed by atoms with Crippen LogP contribution in [0.25, 0.3) is 0 Å². The normalized spacial score (nSPS) is 19.5. The molecule has 0 spiro atoms. The first kappa shape index (κ1) is 24.3. The first-order valence-electron chi connectivity index (χ1n) is 11.8. The van der Waals surface area contributed by atoms with Gasteiger partial charge >= 0.3 is 5.97 Å². The average Bonchev–Trinajstić information content (AvgIpc) is 2.75. The quantitative estimate of drug-likeness (QED) is 0.222. The van der Waals surface area contributed by atoms with E-state index in [1.54, 1.807) is 0 Å². The summed E-state index contributed by atoms with van der Waals surface area (Å²) in [7, 11) is 0. The van der Waals surface area contributed by atoms with Gasteiger partial charge in [-0.25, -0.2) is 18.0 Å². The second-order valence-electron chi connectivity index (χ2n) is 9.24. The number of hydrogen-bond acceptors (Lipinski definition) is 2. The van der Waals surface area contributed by atoms with Crippen molar-refractivity contribution in [3.05, 3.63) is 65.0 Å². The molecule has 0 radical (unpaired) electrons. The summed E-state index contributed by atoms with van der Waals surface area (Å²) in [5.41, 5.74) is -0.172. The summed E-state index contributed by atoms with van der Waals surface area (Å²) in [6.07, 6.45) is 10.6. The number of halogens is 3. The van der Waals surface area contributed by atoms with Crippen LogP contribution in [0, 0.1) is 35.2 Å². The van der Waals surface area contributed by atoms with Crippen molar-refractivity contribution in [2.75, 3.05) is 0 Å². The molecule has 1 fully saturated rings. The van der Waals surface area contributed by atoms with E-state index in [4.69, 9.17) is 4.74 Å². The van der Waals surface area contributed by atoms with E-state index in [-0.39, 0.29) is 5.75 Å². The number of ether oxygens (including phenoxy) is 1. The first-order chi connectivity index (χ1) is 15.4. The minimum atomic E-state index is -1.13. The molecule has 0 aliphatic heterocycles. The Morgan fingerprint density at radius 3 is 2.22 bits per heavy atom. The van der Waals surface area contributed by atoms with Gasteiger partial charge < -0.3 is 4.74 Å². The molecular weight excluding hydrogens is 413 g/mol. The van der Waals surface area contributed by atoms with Crippen LogP contribution in [0.15, 0.2) is 36.4 Å². The predicted octanol–water partition coefficient (Wildman–Crippen LogP) is 7.89. The van der Waals surface area contributed by atoms with Crippen LogP contribution in [-0.2, 0) is 6.42 Å². The van der Waals surface area contributed by atoms with Gasteiger partial charge in [0.2, 0.25) is 0 Å². The molecule has 0 aromatic heterocycles. The number of rotatable bonds is 9. The van der Waals surface area contributed by atoms with Crippen LogP contribution in [0.5, 0.6) is 5.75 Å². The van der Waals surface area contributed by atoms with E-state index >= 15 is 0 Å². The Morgan fingerprint density at radius 1 is 1.00 bits per heavy atom. The third-order valence-electron chi connectivity index (χ3n) is 6.80. The van der Waals surface area contributed by atoms with E-state index in [0.717, 1.165) is 18.1 Å². The molecule has 2 aromatic carbocycles. The highest BCUT2D eigenvalue weighted by molar-refractivity contribution is 5.91. The van der Waals surface area contributed by atoms with Crippen LogP contribution in [0.2, 0.25) is 0 Å². The Hall–Kier alpha value is -2.30. The highest BCUT2D eigenvalue weighted by Crippen LogP contribution is 2.37. The minimum absolute atomic E-state index is 0.0261. The lowest BCUT2D eigenvalue weighted by atomic mass is 9.73. The maximum atomic E-state index is 14.6. The standard InChI is InChI=1S/C27H33F3O2/c1-3-4-5-6-19-7-9-21(10-8-19)18(2)15-20-16-24(29)26(25(30)17-20)27(31)32-23-13-11-22(28)12-14-23/h11-14,16-19,21H,3-10,15H2,1-2H3. The Balaban J connectivity index is 1.57. The molecule has 3 rings (SSSR count). The predicted molar refractivity (Wildman–Crippen MR) is 120 cm³/mol. The lowest BCUT2D eigenvalue weighted by molar-refractivity contribution is 0.0724. The van der Waals surface area contributed by atoms with Gasteiger partial charge in [0.05, 0.1) is 0 Å². The van der Waals surface area contributed by atoms with Crippen LogP contribution >= 0.6 is 0 Å². The van der Waals surface area contributed by atoms with Gasteiger partial charge in [-0.1, -0.05) is 52.4 Å². The van der Waals surface area contributed by atoms with Crippen molar-refractivity contribution < 1.29 is 22.7 Å². The van der Waals surface area contributed by atoms with Gasteiger partial charge in [-0.05, 0) is 79.0 Å². The summed E-state index contributed by atoms with van der Waals surface area (Å²) < 4.78 is 47.2. The van der Waals surface area contributed by atoms with Crippen molar-refractivity contribution in [1.29, 1.82) is 0 Å². The Labute approximate surface area is 189 Å². The van der Waals surface area contributed by atoms with Crippen LogP contribution in [0.1, 0.15) is 81.1 Å².